The van der Waals surface area contributed by atoms with Gasteiger partial charge >= 0.3 is 12.1 Å². The van der Waals surface area contributed by atoms with Crippen LogP contribution < -0.4 is 10.1 Å². The number of furan rings is 1. The van der Waals surface area contributed by atoms with E-state index in [0.717, 1.165) is 17.7 Å². The number of rotatable bonds is 11. The fraction of sp³-hybridized carbons (Fsp3) is 0.357. The summed E-state index contributed by atoms with van der Waals surface area (Å²) in [6, 6.07) is 13.2. The van der Waals surface area contributed by atoms with Crippen molar-refractivity contribution in [1.82, 2.24) is 5.32 Å². The van der Waals surface area contributed by atoms with Gasteiger partial charge in [0.05, 0.1) is 12.0 Å². The molecule has 0 aliphatic rings. The number of aliphatic carboxylic acids is 1. The van der Waals surface area contributed by atoms with Crippen LogP contribution in [0.4, 0.5) is 13.2 Å². The van der Waals surface area contributed by atoms with E-state index in [9.17, 15) is 22.8 Å². The van der Waals surface area contributed by atoms with E-state index < -0.39 is 17.7 Å². The standard InChI is InChI=1S/C28H30F3NO5/c1-4-23-22(16-24(37-23)18-5-9-20(10-6-18)28(29,30)31)25(15-17(2)3)36-21-11-7-19(8-12-21)27(35)32-14-13-26(33)34/h5-12,16-17,25H,4,13-15H2,1-3H3,(H,32,35)(H,33,34). The highest BCUT2D eigenvalue weighted by Crippen LogP contribution is 2.37. The number of ether oxygens (including phenoxy) is 1. The second-order valence-corrected chi connectivity index (χ2v) is 9.08. The number of carbonyl (C=O) groups excluding carboxylic acids is 1. The lowest BCUT2D eigenvalue weighted by Crippen LogP contribution is -2.25. The SMILES string of the molecule is CCc1oc(-c2ccc(C(F)(F)F)cc2)cc1C(CC(C)C)Oc1ccc(C(=O)NCCC(=O)O)cc1. The Kier molecular flexibility index (Phi) is 9.02. The minimum Gasteiger partial charge on any atom is -0.486 e. The molecule has 0 saturated heterocycles. The monoisotopic (exact) mass is 517 g/mol. The largest absolute Gasteiger partial charge is 0.486 e. The van der Waals surface area contributed by atoms with Crippen LogP contribution in [0.2, 0.25) is 0 Å². The summed E-state index contributed by atoms with van der Waals surface area (Å²) >= 11 is 0. The smallest absolute Gasteiger partial charge is 0.416 e. The normalized spacial score (nSPS) is 12.4. The van der Waals surface area contributed by atoms with Gasteiger partial charge in [-0.05, 0) is 54.8 Å². The Morgan fingerprint density at radius 1 is 1.05 bits per heavy atom. The Hall–Kier alpha value is -3.75. The Balaban J connectivity index is 1.81. The number of benzene rings is 2. The minimum absolute atomic E-state index is 0.0322. The number of carboxylic acid groups (broad SMARTS) is 1. The molecule has 3 aromatic rings. The number of carbonyl (C=O) groups is 2. The summed E-state index contributed by atoms with van der Waals surface area (Å²) < 4.78 is 51.2. The van der Waals surface area contributed by atoms with Crippen LogP contribution in [-0.2, 0) is 17.4 Å². The molecule has 2 aromatic carbocycles. The maximum Gasteiger partial charge on any atom is 0.416 e. The van der Waals surface area contributed by atoms with Gasteiger partial charge in [0.15, 0.2) is 0 Å². The van der Waals surface area contributed by atoms with Gasteiger partial charge in [0.25, 0.3) is 5.91 Å². The molecule has 1 amide bonds. The average molecular weight is 518 g/mol. The Labute approximate surface area is 213 Å². The van der Waals surface area contributed by atoms with Crippen molar-refractivity contribution in [3.05, 3.63) is 77.0 Å². The van der Waals surface area contributed by atoms with E-state index in [-0.39, 0.29) is 30.9 Å². The molecule has 198 valence electrons. The molecule has 3 rings (SSSR count). The number of carboxylic acids is 1. The number of amides is 1. The topological polar surface area (TPSA) is 88.8 Å². The lowest BCUT2D eigenvalue weighted by atomic mass is 9.98. The predicted molar refractivity (Wildman–Crippen MR) is 132 cm³/mol. The number of aryl methyl sites for hydroxylation is 1. The number of hydrogen-bond acceptors (Lipinski definition) is 4. The molecule has 1 unspecified atom stereocenters. The van der Waals surface area contributed by atoms with E-state index in [0.29, 0.717) is 41.2 Å². The second-order valence-electron chi connectivity index (χ2n) is 9.08. The molecule has 0 spiro atoms. The molecule has 0 saturated carbocycles. The Bertz CT molecular complexity index is 1200. The molecule has 6 nitrogen and oxygen atoms in total. The maximum absolute atomic E-state index is 12.9. The summed E-state index contributed by atoms with van der Waals surface area (Å²) in [5.41, 5.74) is 1.01. The van der Waals surface area contributed by atoms with Crippen LogP contribution in [0.3, 0.4) is 0 Å². The van der Waals surface area contributed by atoms with Gasteiger partial charge in [0.2, 0.25) is 0 Å². The summed E-state index contributed by atoms with van der Waals surface area (Å²) in [7, 11) is 0. The zero-order valence-corrected chi connectivity index (χ0v) is 20.9. The van der Waals surface area contributed by atoms with Gasteiger partial charge in [-0.3, -0.25) is 9.59 Å². The van der Waals surface area contributed by atoms with Crippen molar-refractivity contribution < 1.29 is 37.0 Å². The minimum atomic E-state index is -4.41. The molecule has 0 radical (unpaired) electrons. The zero-order valence-electron chi connectivity index (χ0n) is 20.9. The van der Waals surface area contributed by atoms with Crippen molar-refractivity contribution in [2.24, 2.45) is 5.92 Å². The van der Waals surface area contributed by atoms with Gasteiger partial charge in [-0.15, -0.1) is 0 Å². The fourth-order valence-corrected chi connectivity index (χ4v) is 3.86. The first-order chi connectivity index (χ1) is 17.5. The lowest BCUT2D eigenvalue weighted by molar-refractivity contribution is -0.138. The summed E-state index contributed by atoms with van der Waals surface area (Å²) in [5.74, 6) is 0.593. The highest BCUT2D eigenvalue weighted by atomic mass is 19.4. The number of halogens is 3. The maximum atomic E-state index is 12.9. The van der Waals surface area contributed by atoms with Gasteiger partial charge in [0, 0.05) is 29.7 Å². The molecular weight excluding hydrogens is 487 g/mol. The van der Waals surface area contributed by atoms with Crippen LogP contribution in [0, 0.1) is 5.92 Å². The van der Waals surface area contributed by atoms with Gasteiger partial charge < -0.3 is 19.6 Å². The summed E-state index contributed by atoms with van der Waals surface area (Å²) in [4.78, 5) is 22.8. The number of nitrogens with one attached hydrogen (secondary N) is 1. The fourth-order valence-electron chi connectivity index (χ4n) is 3.86. The van der Waals surface area contributed by atoms with Crippen molar-refractivity contribution in [2.75, 3.05) is 6.54 Å². The molecule has 0 bridgehead atoms. The molecule has 0 aliphatic carbocycles. The van der Waals surface area contributed by atoms with Crippen molar-refractivity contribution in [1.29, 1.82) is 0 Å². The first-order valence-electron chi connectivity index (χ1n) is 12.0. The highest BCUT2D eigenvalue weighted by molar-refractivity contribution is 5.94. The van der Waals surface area contributed by atoms with E-state index in [2.05, 4.69) is 19.2 Å². The van der Waals surface area contributed by atoms with Crippen LogP contribution in [-0.4, -0.2) is 23.5 Å². The Morgan fingerprint density at radius 2 is 1.70 bits per heavy atom. The highest BCUT2D eigenvalue weighted by Gasteiger charge is 2.30. The van der Waals surface area contributed by atoms with Gasteiger partial charge in [-0.2, -0.15) is 13.2 Å². The van der Waals surface area contributed by atoms with Crippen molar-refractivity contribution in [3.8, 4) is 17.1 Å². The first-order valence-corrected chi connectivity index (χ1v) is 12.0. The Morgan fingerprint density at radius 3 is 2.24 bits per heavy atom. The summed E-state index contributed by atoms with van der Waals surface area (Å²) in [5, 5.41) is 11.3. The van der Waals surface area contributed by atoms with Crippen LogP contribution >= 0.6 is 0 Å². The number of hydrogen-bond donors (Lipinski definition) is 2. The van der Waals surface area contributed by atoms with Gasteiger partial charge in [-0.25, -0.2) is 0 Å². The van der Waals surface area contributed by atoms with E-state index in [4.69, 9.17) is 14.3 Å². The first kappa shape index (κ1) is 27.8. The molecule has 0 aliphatic heterocycles. The molecule has 0 fully saturated rings. The summed E-state index contributed by atoms with van der Waals surface area (Å²) in [6.07, 6.45) is -3.72. The van der Waals surface area contributed by atoms with Gasteiger partial charge in [-0.1, -0.05) is 32.9 Å². The predicted octanol–water partition coefficient (Wildman–Crippen LogP) is 6.90. The van der Waals surface area contributed by atoms with E-state index >= 15 is 0 Å². The molecule has 1 atom stereocenters. The van der Waals surface area contributed by atoms with E-state index in [1.54, 1.807) is 24.3 Å². The van der Waals surface area contributed by atoms with Crippen molar-refractivity contribution in [2.45, 2.75) is 52.3 Å². The lowest BCUT2D eigenvalue weighted by Gasteiger charge is -2.21. The van der Waals surface area contributed by atoms with Crippen LogP contribution in [0.5, 0.6) is 5.75 Å². The van der Waals surface area contributed by atoms with Crippen LogP contribution in [0.1, 0.15) is 67.0 Å². The molecular formula is C28H30F3NO5. The molecule has 1 aromatic heterocycles. The third kappa shape index (κ3) is 7.62. The zero-order chi connectivity index (χ0) is 27.2. The van der Waals surface area contributed by atoms with E-state index in [1.165, 1.54) is 12.1 Å². The van der Waals surface area contributed by atoms with E-state index in [1.807, 2.05) is 13.0 Å². The molecule has 1 heterocycles. The molecule has 9 heteroatoms. The number of alkyl halides is 3. The second kappa shape index (κ2) is 12.0. The van der Waals surface area contributed by atoms with Crippen molar-refractivity contribution >= 4 is 11.9 Å². The molecule has 37 heavy (non-hydrogen) atoms. The van der Waals surface area contributed by atoms with Gasteiger partial charge in [0.1, 0.15) is 23.4 Å². The van der Waals surface area contributed by atoms with Crippen LogP contribution in [0.15, 0.2) is 59.0 Å². The quantitative estimate of drug-likeness (QED) is 0.289. The third-order valence-corrected chi connectivity index (χ3v) is 5.71. The molecule has 2 N–H and O–H groups in total. The third-order valence-electron chi connectivity index (χ3n) is 5.71. The van der Waals surface area contributed by atoms with Crippen molar-refractivity contribution in [3.63, 3.8) is 0 Å². The average Bonchev–Trinajstić information content (AvgIpc) is 3.27. The van der Waals surface area contributed by atoms with Crippen LogP contribution in [0.25, 0.3) is 11.3 Å². The summed E-state index contributed by atoms with van der Waals surface area (Å²) in [6.45, 7) is 6.08.